The minimum Gasteiger partial charge on any atom is -0.508 e. The molecule has 2 aromatic rings. The van der Waals surface area contributed by atoms with Crippen molar-refractivity contribution in [1.82, 2.24) is 10.6 Å². The fraction of sp³-hybridized carbons (Fsp3) is 0.409. The normalized spacial score (nSPS) is 10.8. The van der Waals surface area contributed by atoms with Crippen LogP contribution in [0.25, 0.3) is 0 Å². The molecule has 2 aromatic carbocycles. The maximum Gasteiger partial charge on any atom is 0.191 e. The predicted molar refractivity (Wildman–Crippen MR) is 130 cm³/mol. The van der Waals surface area contributed by atoms with Gasteiger partial charge in [0.25, 0.3) is 0 Å². The molecule has 0 spiro atoms. The molecule has 0 saturated heterocycles. The molecule has 0 aliphatic heterocycles. The zero-order chi connectivity index (χ0) is 20.9. The number of nitrogens with one attached hydrogen (secondary N) is 2. The van der Waals surface area contributed by atoms with Gasteiger partial charge in [-0.2, -0.15) is 0 Å². The van der Waals surface area contributed by atoms with Gasteiger partial charge in [0.15, 0.2) is 5.96 Å². The number of hydrogen-bond donors (Lipinski definition) is 3. The Morgan fingerprint density at radius 1 is 1.00 bits per heavy atom. The zero-order valence-electron chi connectivity index (χ0n) is 17.8. The van der Waals surface area contributed by atoms with Crippen molar-refractivity contribution in [3.63, 3.8) is 0 Å². The lowest BCUT2D eigenvalue weighted by Gasteiger charge is -2.14. The van der Waals surface area contributed by atoms with Gasteiger partial charge in [-0.3, -0.25) is 0 Å². The number of guanidine groups is 1. The summed E-state index contributed by atoms with van der Waals surface area (Å²) in [6.45, 7) is 5.07. The van der Waals surface area contributed by atoms with Crippen molar-refractivity contribution in [3.8, 4) is 17.2 Å². The van der Waals surface area contributed by atoms with Crippen LogP contribution in [0.1, 0.15) is 24.5 Å². The molecule has 7 nitrogen and oxygen atoms in total. The van der Waals surface area contributed by atoms with Gasteiger partial charge in [-0.15, -0.1) is 24.0 Å². The summed E-state index contributed by atoms with van der Waals surface area (Å²) in [5, 5.41) is 16.7. The number of benzene rings is 2. The van der Waals surface area contributed by atoms with Crippen molar-refractivity contribution in [1.29, 1.82) is 0 Å². The van der Waals surface area contributed by atoms with E-state index in [1.165, 1.54) is 0 Å². The van der Waals surface area contributed by atoms with Crippen molar-refractivity contribution >= 4 is 29.9 Å². The summed E-state index contributed by atoms with van der Waals surface area (Å²) in [6, 6.07) is 13.0. The Hall–Kier alpha value is -2.20. The first-order valence-electron chi connectivity index (χ1n) is 9.75. The molecule has 0 aliphatic rings. The Morgan fingerprint density at radius 3 is 2.37 bits per heavy atom. The maximum atomic E-state index is 10.1. The molecule has 30 heavy (non-hydrogen) atoms. The molecular formula is C22H32IN3O4. The molecular weight excluding hydrogens is 497 g/mol. The molecule has 0 atom stereocenters. The van der Waals surface area contributed by atoms with Crippen LogP contribution in [-0.4, -0.2) is 45.0 Å². The summed E-state index contributed by atoms with van der Waals surface area (Å²) in [4.78, 5) is 4.65. The van der Waals surface area contributed by atoms with E-state index in [0.29, 0.717) is 38.0 Å². The van der Waals surface area contributed by atoms with Gasteiger partial charge in [0.05, 0.1) is 20.8 Å². The van der Waals surface area contributed by atoms with Crippen molar-refractivity contribution < 1.29 is 19.3 Å². The van der Waals surface area contributed by atoms with Gasteiger partial charge in [0.2, 0.25) is 0 Å². The number of methoxy groups -OCH3 is 2. The first-order chi connectivity index (χ1) is 14.2. The molecule has 0 aliphatic carbocycles. The minimum atomic E-state index is 0. The summed E-state index contributed by atoms with van der Waals surface area (Å²) < 4.78 is 15.8. The Balaban J connectivity index is 0.00000450. The zero-order valence-corrected chi connectivity index (χ0v) is 20.1. The lowest BCUT2D eigenvalue weighted by atomic mass is 10.2. The van der Waals surface area contributed by atoms with E-state index >= 15 is 0 Å². The number of phenols is 1. The van der Waals surface area contributed by atoms with Crippen LogP contribution in [0, 0.1) is 0 Å². The lowest BCUT2D eigenvalue weighted by Crippen LogP contribution is -2.37. The van der Waals surface area contributed by atoms with Gasteiger partial charge in [-0.05, 0) is 49.2 Å². The highest BCUT2D eigenvalue weighted by atomic mass is 127. The number of rotatable bonds is 11. The molecule has 166 valence electrons. The van der Waals surface area contributed by atoms with Crippen LogP contribution in [0.5, 0.6) is 17.2 Å². The summed E-state index contributed by atoms with van der Waals surface area (Å²) in [6.07, 6.45) is 0.876. The summed E-state index contributed by atoms with van der Waals surface area (Å²) in [5.74, 6) is 2.39. The second-order valence-corrected chi connectivity index (χ2v) is 6.34. The highest BCUT2D eigenvalue weighted by molar-refractivity contribution is 14.0. The molecule has 0 aromatic heterocycles. The van der Waals surface area contributed by atoms with Crippen molar-refractivity contribution in [2.24, 2.45) is 4.99 Å². The second-order valence-electron chi connectivity index (χ2n) is 6.34. The smallest absolute Gasteiger partial charge is 0.191 e. The Bertz CT molecular complexity index is 769. The maximum absolute atomic E-state index is 10.1. The van der Waals surface area contributed by atoms with Crippen LogP contribution >= 0.6 is 24.0 Å². The van der Waals surface area contributed by atoms with E-state index in [1.807, 2.05) is 31.2 Å². The number of nitrogens with zero attached hydrogens (tertiary/aromatic N) is 1. The monoisotopic (exact) mass is 529 g/mol. The Morgan fingerprint density at radius 2 is 1.70 bits per heavy atom. The third-order valence-electron chi connectivity index (χ3n) is 4.27. The number of halogens is 1. The standard InChI is InChI=1S/C22H31N3O4.HI/c1-4-29-13-5-12-23-22(24-15-17-6-8-19(27-2)9-7-17)25-16-18-14-20(28-3)10-11-21(18)26;/h6-11,14,26H,4-5,12-13,15-16H2,1-3H3,(H2,23,24,25);1H. The van der Waals surface area contributed by atoms with Crippen LogP contribution in [0.4, 0.5) is 0 Å². The van der Waals surface area contributed by atoms with Crippen molar-refractivity contribution in [2.75, 3.05) is 34.0 Å². The van der Waals surface area contributed by atoms with Crippen molar-refractivity contribution in [3.05, 3.63) is 53.6 Å². The van der Waals surface area contributed by atoms with Gasteiger partial charge < -0.3 is 30.0 Å². The van der Waals surface area contributed by atoms with E-state index in [-0.39, 0.29) is 29.7 Å². The van der Waals surface area contributed by atoms with Gasteiger partial charge in [0.1, 0.15) is 17.2 Å². The Labute approximate surface area is 195 Å². The third kappa shape index (κ3) is 9.08. The van der Waals surface area contributed by atoms with E-state index in [2.05, 4.69) is 15.6 Å². The van der Waals surface area contributed by atoms with Gasteiger partial charge >= 0.3 is 0 Å². The summed E-state index contributed by atoms with van der Waals surface area (Å²) >= 11 is 0. The number of aromatic hydroxyl groups is 1. The molecule has 8 heteroatoms. The summed E-state index contributed by atoms with van der Waals surface area (Å²) in [5.41, 5.74) is 1.81. The molecule has 2 rings (SSSR count). The van der Waals surface area contributed by atoms with Crippen LogP contribution in [0.2, 0.25) is 0 Å². The van der Waals surface area contributed by atoms with E-state index in [0.717, 1.165) is 29.8 Å². The first kappa shape index (κ1) is 25.8. The molecule has 0 unspecified atom stereocenters. The largest absolute Gasteiger partial charge is 0.508 e. The van der Waals surface area contributed by atoms with Crippen LogP contribution in [0.3, 0.4) is 0 Å². The Kier molecular flexibility index (Phi) is 12.7. The molecule has 0 bridgehead atoms. The van der Waals surface area contributed by atoms with Gasteiger partial charge in [-0.1, -0.05) is 12.1 Å². The van der Waals surface area contributed by atoms with Crippen molar-refractivity contribution in [2.45, 2.75) is 26.4 Å². The number of phenolic OH excluding ortho intramolecular Hbond substituents is 1. The van der Waals surface area contributed by atoms with E-state index in [1.54, 1.807) is 32.4 Å². The second kappa shape index (κ2) is 14.7. The average molecular weight is 529 g/mol. The quantitative estimate of drug-likeness (QED) is 0.178. The highest BCUT2D eigenvalue weighted by Crippen LogP contribution is 2.22. The molecule has 0 fully saturated rings. The van der Waals surface area contributed by atoms with Crippen LogP contribution in [-0.2, 0) is 17.8 Å². The third-order valence-corrected chi connectivity index (χ3v) is 4.27. The van der Waals surface area contributed by atoms with E-state index in [9.17, 15) is 5.11 Å². The fourth-order valence-electron chi connectivity index (χ4n) is 2.61. The number of aliphatic imine (C=N–C) groups is 1. The molecule has 0 radical (unpaired) electrons. The van der Waals surface area contributed by atoms with E-state index in [4.69, 9.17) is 14.2 Å². The fourth-order valence-corrected chi connectivity index (χ4v) is 2.61. The molecule has 3 N–H and O–H groups in total. The van der Waals surface area contributed by atoms with Gasteiger partial charge in [0, 0.05) is 31.9 Å². The number of hydrogen-bond acceptors (Lipinski definition) is 5. The summed E-state index contributed by atoms with van der Waals surface area (Å²) in [7, 11) is 3.25. The lowest BCUT2D eigenvalue weighted by molar-refractivity contribution is 0.145. The average Bonchev–Trinajstić information content (AvgIpc) is 2.76. The SMILES string of the molecule is CCOCCCNC(=NCc1ccc(OC)cc1)NCc1cc(OC)ccc1O.I. The van der Waals surface area contributed by atoms with Gasteiger partial charge in [-0.25, -0.2) is 4.99 Å². The van der Waals surface area contributed by atoms with E-state index < -0.39 is 0 Å². The molecule has 0 amide bonds. The van der Waals surface area contributed by atoms with Crippen LogP contribution < -0.4 is 20.1 Å². The number of ether oxygens (including phenoxy) is 3. The molecule has 0 heterocycles. The minimum absolute atomic E-state index is 0. The highest BCUT2D eigenvalue weighted by Gasteiger charge is 2.06. The topological polar surface area (TPSA) is 84.3 Å². The predicted octanol–water partition coefficient (Wildman–Crippen LogP) is 3.69. The molecule has 0 saturated carbocycles. The van der Waals surface area contributed by atoms with Crippen LogP contribution in [0.15, 0.2) is 47.5 Å². The first-order valence-corrected chi connectivity index (χ1v) is 9.75.